The van der Waals surface area contributed by atoms with Gasteiger partial charge in [-0.2, -0.15) is 4.98 Å². The van der Waals surface area contributed by atoms with Gasteiger partial charge >= 0.3 is 0 Å². The van der Waals surface area contributed by atoms with Crippen molar-refractivity contribution in [3.63, 3.8) is 0 Å². The first-order valence-corrected chi connectivity index (χ1v) is 9.93. The summed E-state index contributed by atoms with van der Waals surface area (Å²) in [5, 5.41) is 7.74. The van der Waals surface area contributed by atoms with Gasteiger partial charge in [-0.25, -0.2) is 0 Å². The zero-order chi connectivity index (χ0) is 18.6. The molecule has 0 saturated heterocycles. The van der Waals surface area contributed by atoms with E-state index >= 15 is 0 Å². The normalized spacial score (nSPS) is 14.5. The largest absolute Gasteiger partial charge is 0.334 e. The van der Waals surface area contributed by atoms with Crippen LogP contribution in [0.4, 0.5) is 0 Å². The van der Waals surface area contributed by atoms with E-state index in [2.05, 4.69) is 77.8 Å². The molecular weight excluding hydrogens is 334 g/mol. The minimum atomic E-state index is 0.567. The van der Waals surface area contributed by atoms with E-state index in [9.17, 15) is 0 Å². The van der Waals surface area contributed by atoms with E-state index in [1.165, 1.54) is 30.4 Å². The highest BCUT2D eigenvalue weighted by Crippen LogP contribution is 2.24. The maximum Gasteiger partial charge on any atom is 0.258 e. The highest BCUT2D eigenvalue weighted by Gasteiger charge is 2.16. The Hall–Kier alpha value is -2.46. The SMILES string of the molecule is CC(C)Cc1ccc(-c2nc(-c3ccc(CNC4CCC4)cc3)no2)cc1. The number of hydrogen-bond acceptors (Lipinski definition) is 4. The fourth-order valence-corrected chi connectivity index (χ4v) is 3.36. The van der Waals surface area contributed by atoms with Gasteiger partial charge < -0.3 is 9.84 Å². The van der Waals surface area contributed by atoms with Crippen molar-refractivity contribution in [2.75, 3.05) is 0 Å². The first kappa shape index (κ1) is 17.9. The molecule has 0 unspecified atom stereocenters. The molecule has 1 aliphatic rings. The van der Waals surface area contributed by atoms with Crippen LogP contribution in [0.2, 0.25) is 0 Å². The molecule has 1 aromatic heterocycles. The number of rotatable bonds is 7. The van der Waals surface area contributed by atoms with E-state index in [0.717, 1.165) is 24.1 Å². The summed E-state index contributed by atoms with van der Waals surface area (Å²) in [5.74, 6) is 1.85. The maximum atomic E-state index is 5.48. The molecule has 1 saturated carbocycles. The molecule has 1 heterocycles. The number of hydrogen-bond donors (Lipinski definition) is 1. The van der Waals surface area contributed by atoms with Crippen LogP contribution in [0.5, 0.6) is 0 Å². The first-order chi connectivity index (χ1) is 13.2. The average molecular weight is 361 g/mol. The molecule has 140 valence electrons. The third kappa shape index (κ3) is 4.45. The molecule has 0 amide bonds. The van der Waals surface area contributed by atoms with Crippen LogP contribution in [0.15, 0.2) is 53.1 Å². The van der Waals surface area contributed by atoms with Crippen LogP contribution in [0, 0.1) is 5.92 Å². The van der Waals surface area contributed by atoms with E-state index < -0.39 is 0 Å². The number of nitrogens with zero attached hydrogens (tertiary/aromatic N) is 2. The van der Waals surface area contributed by atoms with Gasteiger partial charge in [0.15, 0.2) is 0 Å². The minimum absolute atomic E-state index is 0.567. The van der Waals surface area contributed by atoms with Crippen molar-refractivity contribution >= 4 is 0 Å². The topological polar surface area (TPSA) is 51.0 Å². The molecule has 27 heavy (non-hydrogen) atoms. The molecule has 0 radical (unpaired) electrons. The molecule has 4 heteroatoms. The lowest BCUT2D eigenvalue weighted by atomic mass is 9.93. The highest BCUT2D eigenvalue weighted by molar-refractivity contribution is 5.60. The Morgan fingerprint density at radius 1 is 0.963 bits per heavy atom. The predicted molar refractivity (Wildman–Crippen MR) is 108 cm³/mol. The third-order valence-electron chi connectivity index (χ3n) is 5.18. The molecular formula is C23H27N3O. The first-order valence-electron chi connectivity index (χ1n) is 9.93. The lowest BCUT2D eigenvalue weighted by molar-refractivity contribution is 0.338. The lowest BCUT2D eigenvalue weighted by Gasteiger charge is -2.26. The Morgan fingerprint density at radius 3 is 2.26 bits per heavy atom. The van der Waals surface area contributed by atoms with Crippen molar-refractivity contribution in [1.29, 1.82) is 0 Å². The molecule has 3 aromatic rings. The summed E-state index contributed by atoms with van der Waals surface area (Å²) in [4.78, 5) is 4.57. The van der Waals surface area contributed by atoms with Crippen LogP contribution in [-0.4, -0.2) is 16.2 Å². The number of aromatic nitrogens is 2. The average Bonchev–Trinajstić information content (AvgIpc) is 3.11. The van der Waals surface area contributed by atoms with Gasteiger partial charge in [0.1, 0.15) is 0 Å². The Morgan fingerprint density at radius 2 is 1.63 bits per heavy atom. The zero-order valence-electron chi connectivity index (χ0n) is 16.1. The fraction of sp³-hybridized carbons (Fsp3) is 0.391. The van der Waals surface area contributed by atoms with Crippen LogP contribution in [0.1, 0.15) is 44.2 Å². The summed E-state index contributed by atoms with van der Waals surface area (Å²) in [6.45, 7) is 5.38. The number of benzene rings is 2. The number of nitrogens with one attached hydrogen (secondary N) is 1. The summed E-state index contributed by atoms with van der Waals surface area (Å²) in [6, 6.07) is 17.5. The summed E-state index contributed by atoms with van der Waals surface area (Å²) >= 11 is 0. The zero-order valence-corrected chi connectivity index (χ0v) is 16.1. The Bertz CT molecular complexity index is 861. The van der Waals surface area contributed by atoms with E-state index in [1.54, 1.807) is 0 Å². The molecule has 0 aliphatic heterocycles. The molecule has 0 spiro atoms. The van der Waals surface area contributed by atoms with E-state index in [-0.39, 0.29) is 0 Å². The summed E-state index contributed by atoms with van der Waals surface area (Å²) in [5.41, 5.74) is 4.56. The van der Waals surface area contributed by atoms with Gasteiger partial charge in [-0.15, -0.1) is 0 Å². The molecule has 0 atom stereocenters. The molecule has 1 aliphatic carbocycles. The van der Waals surface area contributed by atoms with E-state index in [4.69, 9.17) is 4.52 Å². The lowest BCUT2D eigenvalue weighted by Crippen LogP contribution is -2.34. The van der Waals surface area contributed by atoms with Crippen LogP contribution in [0.3, 0.4) is 0 Å². The highest BCUT2D eigenvalue weighted by atomic mass is 16.5. The minimum Gasteiger partial charge on any atom is -0.334 e. The third-order valence-corrected chi connectivity index (χ3v) is 5.18. The second kappa shape index (κ2) is 8.05. The Balaban J connectivity index is 1.42. The van der Waals surface area contributed by atoms with Crippen LogP contribution >= 0.6 is 0 Å². The van der Waals surface area contributed by atoms with Gasteiger partial charge in [-0.3, -0.25) is 0 Å². The van der Waals surface area contributed by atoms with Crippen molar-refractivity contribution in [2.24, 2.45) is 5.92 Å². The van der Waals surface area contributed by atoms with Crippen molar-refractivity contribution in [2.45, 2.75) is 52.1 Å². The van der Waals surface area contributed by atoms with E-state index in [0.29, 0.717) is 23.7 Å². The molecule has 4 rings (SSSR count). The quantitative estimate of drug-likeness (QED) is 0.625. The van der Waals surface area contributed by atoms with Gasteiger partial charge in [0.05, 0.1) is 0 Å². The molecule has 4 nitrogen and oxygen atoms in total. The molecule has 0 bridgehead atoms. The van der Waals surface area contributed by atoms with Crippen LogP contribution in [-0.2, 0) is 13.0 Å². The van der Waals surface area contributed by atoms with Gasteiger partial charge in [0.25, 0.3) is 5.89 Å². The Labute approximate surface area is 161 Å². The van der Waals surface area contributed by atoms with Crippen molar-refractivity contribution < 1.29 is 4.52 Å². The second-order valence-corrected chi connectivity index (χ2v) is 7.92. The van der Waals surface area contributed by atoms with Gasteiger partial charge in [0.2, 0.25) is 5.82 Å². The molecule has 1 N–H and O–H groups in total. The summed E-state index contributed by atoms with van der Waals surface area (Å²) in [7, 11) is 0. The second-order valence-electron chi connectivity index (χ2n) is 7.92. The van der Waals surface area contributed by atoms with Gasteiger partial charge in [0, 0.05) is 23.7 Å². The molecule has 1 fully saturated rings. The van der Waals surface area contributed by atoms with E-state index in [1.807, 2.05) is 0 Å². The van der Waals surface area contributed by atoms with Crippen LogP contribution in [0.25, 0.3) is 22.8 Å². The standard InChI is InChI=1S/C23H27N3O/c1-16(2)14-17-6-12-20(13-7-17)23-25-22(26-27-23)19-10-8-18(9-11-19)15-24-21-4-3-5-21/h6-13,16,21,24H,3-5,14-15H2,1-2H3. The summed E-state index contributed by atoms with van der Waals surface area (Å²) in [6.07, 6.45) is 5.05. The van der Waals surface area contributed by atoms with Crippen molar-refractivity contribution in [3.8, 4) is 22.8 Å². The van der Waals surface area contributed by atoms with Gasteiger partial charge in [-0.1, -0.05) is 61.8 Å². The van der Waals surface area contributed by atoms with Gasteiger partial charge in [-0.05, 0) is 48.4 Å². The monoisotopic (exact) mass is 361 g/mol. The summed E-state index contributed by atoms with van der Waals surface area (Å²) < 4.78 is 5.48. The smallest absolute Gasteiger partial charge is 0.258 e. The maximum absolute atomic E-state index is 5.48. The molecule has 2 aromatic carbocycles. The predicted octanol–water partition coefficient (Wildman–Crippen LogP) is 5.24. The Kier molecular flexibility index (Phi) is 5.35. The van der Waals surface area contributed by atoms with Crippen molar-refractivity contribution in [3.05, 3.63) is 59.7 Å². The fourth-order valence-electron chi connectivity index (χ4n) is 3.36. The van der Waals surface area contributed by atoms with Crippen molar-refractivity contribution in [1.82, 2.24) is 15.5 Å². The van der Waals surface area contributed by atoms with Crippen LogP contribution < -0.4 is 5.32 Å².